The Kier molecular flexibility index (Phi) is 15.3. The van der Waals surface area contributed by atoms with E-state index >= 15 is 0 Å². The summed E-state index contributed by atoms with van der Waals surface area (Å²) < 4.78 is 0. The lowest BCUT2D eigenvalue weighted by molar-refractivity contribution is 0.0941. The van der Waals surface area contributed by atoms with Crippen molar-refractivity contribution in [2.45, 2.75) is 146 Å². The molecular weight excluding hydrogens is 771 g/mol. The van der Waals surface area contributed by atoms with Gasteiger partial charge in [0.2, 0.25) is 0 Å². The van der Waals surface area contributed by atoms with Crippen molar-refractivity contribution in [3.63, 3.8) is 0 Å². The maximum atomic E-state index is 14.0. The highest BCUT2D eigenvalue weighted by atomic mass is 16.2. The summed E-state index contributed by atoms with van der Waals surface area (Å²) in [5, 5.41) is 21.6. The van der Waals surface area contributed by atoms with E-state index in [0.29, 0.717) is 65.4 Å². The predicted molar refractivity (Wildman–Crippen MR) is 246 cm³/mol. The molecule has 6 heterocycles. The molecule has 8 rings (SSSR count). The number of aromatic nitrogens is 3. The predicted octanol–water partition coefficient (Wildman–Crippen LogP) is 6.89. The van der Waals surface area contributed by atoms with Crippen LogP contribution in [0.3, 0.4) is 0 Å². The highest BCUT2D eigenvalue weighted by molar-refractivity contribution is 5.96. The number of hydrogen-bond acceptors (Lipinski definition) is 9. The van der Waals surface area contributed by atoms with Crippen LogP contribution in [0.2, 0.25) is 0 Å². The molecule has 0 saturated heterocycles. The van der Waals surface area contributed by atoms with Gasteiger partial charge < -0.3 is 31.9 Å². The number of nitrogens with zero attached hydrogens (tertiary/aromatic N) is 3. The monoisotopic (exact) mass is 836 g/mol. The summed E-state index contributed by atoms with van der Waals surface area (Å²) in [6.07, 6.45) is 5.02. The van der Waals surface area contributed by atoms with E-state index in [2.05, 4.69) is 115 Å². The Hall–Kier alpha value is -5.33. The van der Waals surface area contributed by atoms with Gasteiger partial charge in [0.25, 0.3) is 11.8 Å². The van der Waals surface area contributed by atoms with Crippen LogP contribution in [0.5, 0.6) is 0 Å². The number of nitrogens with one attached hydrogen (secondary N) is 6. The van der Waals surface area contributed by atoms with E-state index in [1.165, 1.54) is 55.6 Å². The van der Waals surface area contributed by atoms with E-state index in [0.717, 1.165) is 72.4 Å². The number of carbonyl (C=O) groups excluding carboxylic acids is 2. The van der Waals surface area contributed by atoms with Crippen molar-refractivity contribution in [1.29, 1.82) is 0 Å². The van der Waals surface area contributed by atoms with Crippen LogP contribution in [0.1, 0.15) is 152 Å². The van der Waals surface area contributed by atoms with Gasteiger partial charge in [-0.05, 0) is 142 Å². The first kappa shape index (κ1) is 44.7. The molecule has 6 N–H and O–H groups in total. The molecule has 5 aromatic rings. The summed E-state index contributed by atoms with van der Waals surface area (Å²) >= 11 is 0. The van der Waals surface area contributed by atoms with Gasteiger partial charge in [0.15, 0.2) is 0 Å². The summed E-state index contributed by atoms with van der Waals surface area (Å²) in [7, 11) is 0. The smallest absolute Gasteiger partial charge is 0.270 e. The van der Waals surface area contributed by atoms with Gasteiger partial charge in [-0.3, -0.25) is 19.6 Å². The number of hydrogen-bond donors (Lipinski definition) is 6. The van der Waals surface area contributed by atoms with Crippen LogP contribution in [0.4, 0.5) is 0 Å². The molecule has 2 amide bonds. The van der Waals surface area contributed by atoms with Crippen molar-refractivity contribution >= 4 is 11.8 Å². The van der Waals surface area contributed by atoms with Crippen molar-refractivity contribution in [3.05, 3.63) is 156 Å². The minimum Gasteiger partial charge on any atom is -0.347 e. The molecule has 3 aromatic heterocycles. The third-order valence-corrected chi connectivity index (χ3v) is 12.7. The Balaban J connectivity index is 1.42. The van der Waals surface area contributed by atoms with Crippen molar-refractivity contribution < 1.29 is 9.59 Å². The standard InChI is InChI=1S/C51H65N9O2/c1-7-36-42-26-52-22-32-16-13-18-34(58-32)24-54-28-44-37(8-2)45-29-55-25-35-19-14-17-33(59-35)23-53-27-43(36)39(10-4)46(38(42)9-3)30-56-50(61)48-20-15-21-49(60-48)51(62)57-31-47(40(44)11-5)41(45)12-6/h13-21,52-55H,7-12,22-31H2,1-6H3,(H,56,61)(H,57,62). The fraction of sp³-hybridized carbons (Fsp3) is 0.431. The maximum absolute atomic E-state index is 14.0. The van der Waals surface area contributed by atoms with E-state index in [1.807, 2.05) is 0 Å². The molecule has 0 spiro atoms. The topological polar surface area (TPSA) is 145 Å². The molecule has 0 unspecified atom stereocenters. The Bertz CT molecular complexity index is 2140. The Labute approximate surface area is 368 Å². The van der Waals surface area contributed by atoms with Gasteiger partial charge in [-0.25, -0.2) is 4.98 Å². The van der Waals surface area contributed by atoms with Crippen molar-refractivity contribution in [2.75, 3.05) is 0 Å². The number of carbonyl (C=O) groups is 2. The zero-order valence-corrected chi connectivity index (χ0v) is 37.7. The first-order chi connectivity index (χ1) is 30.3. The van der Waals surface area contributed by atoms with Crippen LogP contribution in [0.25, 0.3) is 0 Å². The van der Waals surface area contributed by atoms with Crippen molar-refractivity contribution in [2.24, 2.45) is 0 Å². The Morgan fingerprint density at radius 1 is 0.355 bits per heavy atom. The van der Waals surface area contributed by atoms with E-state index in [-0.39, 0.29) is 23.2 Å². The van der Waals surface area contributed by atoms with Gasteiger partial charge in [-0.2, -0.15) is 0 Å². The van der Waals surface area contributed by atoms with Gasteiger partial charge in [0.1, 0.15) is 11.4 Å². The van der Waals surface area contributed by atoms with Crippen molar-refractivity contribution in [1.82, 2.24) is 46.9 Å². The lowest BCUT2D eigenvalue weighted by atomic mass is 9.83. The average molecular weight is 836 g/mol. The second-order valence-electron chi connectivity index (χ2n) is 16.3. The molecule has 3 aliphatic rings. The lowest BCUT2D eigenvalue weighted by Crippen LogP contribution is -2.30. The molecule has 0 saturated carbocycles. The quantitative estimate of drug-likeness (QED) is 0.108. The molecule has 11 heteroatoms. The van der Waals surface area contributed by atoms with Gasteiger partial charge in [0, 0.05) is 65.4 Å². The van der Waals surface area contributed by atoms with Gasteiger partial charge in [0.05, 0.1) is 22.8 Å². The molecule has 0 radical (unpaired) electrons. The largest absolute Gasteiger partial charge is 0.347 e. The number of benzene rings is 2. The first-order valence-corrected chi connectivity index (χ1v) is 22.9. The zero-order valence-electron chi connectivity index (χ0n) is 37.7. The normalized spacial score (nSPS) is 15.4. The molecule has 0 aliphatic carbocycles. The fourth-order valence-electron chi connectivity index (χ4n) is 9.95. The first-order valence-electron chi connectivity index (χ1n) is 22.9. The summed E-state index contributed by atoms with van der Waals surface area (Å²) in [6, 6.07) is 17.7. The summed E-state index contributed by atoms with van der Waals surface area (Å²) in [4.78, 5) is 42.9. The Morgan fingerprint density at radius 2 is 0.613 bits per heavy atom. The second-order valence-corrected chi connectivity index (χ2v) is 16.3. The highest BCUT2D eigenvalue weighted by Gasteiger charge is 2.25. The number of amides is 2. The Morgan fingerprint density at radius 3 is 0.887 bits per heavy atom. The van der Waals surface area contributed by atoms with Crippen LogP contribution in [0.15, 0.2) is 54.6 Å². The second kappa shape index (κ2) is 21.2. The SMILES string of the molecule is CCc1c2c(CC)c3c(CC)c1CNCc1cccc(n1)CNCc1c(CC)c(c(CC)c(c1CC)CNC(=O)c1cccc(n1)C(=O)NC3)CNCc1cccc(n1)CNC2. The van der Waals surface area contributed by atoms with E-state index in [4.69, 9.17) is 9.97 Å². The van der Waals surface area contributed by atoms with E-state index in [9.17, 15) is 9.59 Å². The maximum Gasteiger partial charge on any atom is 0.270 e. The van der Waals surface area contributed by atoms with Crippen LogP contribution in [0, 0.1) is 0 Å². The molecule has 12 bridgehead atoms. The van der Waals surface area contributed by atoms with Gasteiger partial charge in [-0.15, -0.1) is 0 Å². The molecule has 62 heavy (non-hydrogen) atoms. The van der Waals surface area contributed by atoms with Crippen LogP contribution >= 0.6 is 0 Å². The molecule has 0 fully saturated rings. The minimum absolute atomic E-state index is 0.216. The number of pyridine rings is 3. The zero-order chi connectivity index (χ0) is 43.6. The lowest BCUT2D eigenvalue weighted by Gasteiger charge is -2.27. The van der Waals surface area contributed by atoms with Crippen LogP contribution < -0.4 is 31.9 Å². The summed E-state index contributed by atoms with van der Waals surface area (Å²) in [5.41, 5.74) is 19.6. The van der Waals surface area contributed by atoms with Gasteiger partial charge >= 0.3 is 0 Å². The summed E-state index contributed by atoms with van der Waals surface area (Å²) in [6.45, 7) is 19.2. The van der Waals surface area contributed by atoms with E-state index in [1.54, 1.807) is 18.2 Å². The third kappa shape index (κ3) is 9.81. The number of fused-ring (bicyclic) bond motifs is 12. The molecule has 3 aliphatic heterocycles. The molecule has 0 atom stereocenters. The van der Waals surface area contributed by atoms with Gasteiger partial charge in [-0.1, -0.05) is 59.7 Å². The highest BCUT2D eigenvalue weighted by Crippen LogP contribution is 2.33. The summed E-state index contributed by atoms with van der Waals surface area (Å²) in [5.74, 6) is -0.621. The van der Waals surface area contributed by atoms with Crippen molar-refractivity contribution in [3.8, 4) is 0 Å². The number of rotatable bonds is 6. The average Bonchev–Trinajstić information content (AvgIpc) is 3.29. The van der Waals surface area contributed by atoms with E-state index < -0.39 is 0 Å². The fourth-order valence-corrected chi connectivity index (χ4v) is 9.95. The molecule has 2 aromatic carbocycles. The molecule has 11 nitrogen and oxygen atoms in total. The third-order valence-electron chi connectivity index (χ3n) is 12.7. The van der Waals surface area contributed by atoms with Crippen LogP contribution in [-0.4, -0.2) is 26.8 Å². The molecular formula is C51H65N9O2. The van der Waals surface area contributed by atoms with Crippen LogP contribution in [-0.2, 0) is 104 Å². The minimum atomic E-state index is -0.311. The molecule has 326 valence electrons.